The van der Waals surface area contributed by atoms with Gasteiger partial charge >= 0.3 is 12.1 Å². The van der Waals surface area contributed by atoms with Crippen LogP contribution in [-0.2, 0) is 22.4 Å². The van der Waals surface area contributed by atoms with E-state index in [1.165, 1.54) is 0 Å². The standard InChI is InChI=1S/C35H42BrF4N3O3/c1-3-26(35(38,39)40)14-15-31(37)30(19-32-41-20-27(36)21-42-32)25-17-28(4-2)43(29(18-25)16-22-8-6-5-7-9-22)33(44)23-10-12-24(13-11-23)34(45)46/h3,5-9,14,20-21,23-25,28-31H,1,4,10-13,15-19H2,2H3,(H,45,46)/b26-14+/t23?,24?,25-,28+,29-,30+,31?/m0/s1. The molecule has 1 aliphatic heterocycles. The molecule has 0 radical (unpaired) electrons. The number of alkyl halides is 4. The van der Waals surface area contributed by atoms with Gasteiger partial charge in [-0.1, -0.05) is 56.0 Å². The van der Waals surface area contributed by atoms with Gasteiger partial charge in [-0.25, -0.2) is 14.4 Å². The van der Waals surface area contributed by atoms with Crippen molar-refractivity contribution in [1.82, 2.24) is 14.9 Å². The first kappa shape index (κ1) is 35.8. The number of carboxylic acid groups (broad SMARTS) is 1. The third-order valence-electron chi connectivity index (χ3n) is 9.67. The third kappa shape index (κ3) is 9.26. The number of nitrogens with zero attached hydrogens (tertiary/aromatic N) is 3. The molecule has 46 heavy (non-hydrogen) atoms. The number of piperidine rings is 1. The van der Waals surface area contributed by atoms with E-state index in [1.807, 2.05) is 42.2 Å². The van der Waals surface area contributed by atoms with E-state index in [0.717, 1.165) is 11.6 Å². The molecule has 1 unspecified atom stereocenters. The molecule has 0 bridgehead atoms. The second-order valence-electron chi connectivity index (χ2n) is 12.6. The summed E-state index contributed by atoms with van der Waals surface area (Å²) in [7, 11) is 0. The molecule has 0 spiro atoms. The number of halogens is 5. The molecule has 2 aromatic rings. The normalized spacial score (nSPS) is 25.5. The van der Waals surface area contributed by atoms with Gasteiger partial charge in [-0.05, 0) is 85.2 Å². The Bertz CT molecular complexity index is 1350. The van der Waals surface area contributed by atoms with Crippen LogP contribution >= 0.6 is 15.9 Å². The van der Waals surface area contributed by atoms with Crippen LogP contribution in [0.3, 0.4) is 0 Å². The van der Waals surface area contributed by atoms with Crippen molar-refractivity contribution in [1.29, 1.82) is 0 Å². The Hall–Kier alpha value is -3.08. The average Bonchev–Trinajstić information content (AvgIpc) is 3.03. The number of rotatable bonds is 12. The predicted molar refractivity (Wildman–Crippen MR) is 171 cm³/mol. The topological polar surface area (TPSA) is 83.4 Å². The molecular formula is C35H42BrF4N3O3. The number of hydrogen-bond acceptors (Lipinski definition) is 4. The number of aromatic nitrogens is 2. The Morgan fingerprint density at radius 1 is 1.07 bits per heavy atom. The molecule has 1 saturated heterocycles. The summed E-state index contributed by atoms with van der Waals surface area (Å²) in [6.07, 6.45) is 2.27. The molecule has 2 fully saturated rings. The van der Waals surface area contributed by atoms with Crippen molar-refractivity contribution in [3.8, 4) is 0 Å². The van der Waals surface area contributed by atoms with Gasteiger partial charge in [0.2, 0.25) is 5.91 Å². The first-order valence-corrected chi connectivity index (χ1v) is 16.8. The maximum atomic E-state index is 16.3. The number of carbonyl (C=O) groups is 2. The van der Waals surface area contributed by atoms with E-state index in [2.05, 4.69) is 32.5 Å². The number of likely N-dealkylation sites (tertiary alicyclic amines) is 1. The molecule has 1 aromatic heterocycles. The van der Waals surface area contributed by atoms with Gasteiger partial charge in [0.25, 0.3) is 0 Å². The smallest absolute Gasteiger partial charge is 0.416 e. The summed E-state index contributed by atoms with van der Waals surface area (Å²) in [4.78, 5) is 36.4. The third-order valence-corrected chi connectivity index (χ3v) is 10.1. The summed E-state index contributed by atoms with van der Waals surface area (Å²) >= 11 is 3.31. The largest absolute Gasteiger partial charge is 0.481 e. The van der Waals surface area contributed by atoms with Crippen LogP contribution in [0.1, 0.15) is 69.7 Å². The van der Waals surface area contributed by atoms with E-state index in [9.17, 15) is 27.9 Å². The second kappa shape index (κ2) is 16.2. The Balaban J connectivity index is 1.65. The highest BCUT2D eigenvalue weighted by Crippen LogP contribution is 2.42. The van der Waals surface area contributed by atoms with Gasteiger partial charge in [0.15, 0.2) is 0 Å². The maximum Gasteiger partial charge on any atom is 0.416 e. The fraction of sp³-hybridized carbons (Fsp3) is 0.543. The highest BCUT2D eigenvalue weighted by molar-refractivity contribution is 9.10. The molecule has 5 atom stereocenters. The van der Waals surface area contributed by atoms with Gasteiger partial charge in [-0.3, -0.25) is 9.59 Å². The SMILES string of the molecule is C=C/C(=C\CC(F)[C@H](Cc1ncc(Br)cn1)[C@H]1C[C@@H](CC)N(C(=O)C2CCC(C(=O)O)CC2)[C@@H](Cc2ccccc2)C1)C(F)(F)F. The van der Waals surface area contributed by atoms with Gasteiger partial charge in [0, 0.05) is 42.7 Å². The van der Waals surface area contributed by atoms with Crippen LogP contribution in [0.15, 0.2) is 71.5 Å². The number of amides is 1. The van der Waals surface area contributed by atoms with E-state index in [1.54, 1.807) is 12.4 Å². The molecule has 2 heterocycles. The minimum absolute atomic E-state index is 0.0170. The number of hydrogen-bond donors (Lipinski definition) is 1. The van der Waals surface area contributed by atoms with E-state index < -0.39 is 42.1 Å². The predicted octanol–water partition coefficient (Wildman–Crippen LogP) is 8.32. The quantitative estimate of drug-likeness (QED) is 0.177. The van der Waals surface area contributed by atoms with Crippen molar-refractivity contribution >= 4 is 27.8 Å². The average molecular weight is 709 g/mol. The number of benzene rings is 1. The van der Waals surface area contributed by atoms with Crippen LogP contribution in [0.2, 0.25) is 0 Å². The molecule has 1 aliphatic carbocycles. The molecule has 11 heteroatoms. The molecule has 1 N–H and O–H groups in total. The van der Waals surface area contributed by atoms with E-state index in [4.69, 9.17) is 0 Å². The minimum atomic E-state index is -4.63. The van der Waals surface area contributed by atoms with Crippen LogP contribution in [0, 0.1) is 23.7 Å². The summed E-state index contributed by atoms with van der Waals surface area (Å²) in [6, 6.07) is 9.31. The van der Waals surface area contributed by atoms with Crippen LogP contribution in [0.5, 0.6) is 0 Å². The van der Waals surface area contributed by atoms with Crippen LogP contribution in [-0.4, -0.2) is 56.3 Å². The fourth-order valence-corrected chi connectivity index (χ4v) is 7.44. The highest BCUT2D eigenvalue weighted by atomic mass is 79.9. The zero-order valence-electron chi connectivity index (χ0n) is 26.0. The van der Waals surface area contributed by atoms with Crippen molar-refractivity contribution in [3.63, 3.8) is 0 Å². The van der Waals surface area contributed by atoms with E-state index in [0.29, 0.717) is 67.7 Å². The monoisotopic (exact) mass is 707 g/mol. The Morgan fingerprint density at radius 2 is 1.67 bits per heavy atom. The van der Waals surface area contributed by atoms with Crippen LogP contribution in [0.25, 0.3) is 0 Å². The van der Waals surface area contributed by atoms with Gasteiger partial charge < -0.3 is 10.0 Å². The zero-order valence-corrected chi connectivity index (χ0v) is 27.6. The molecule has 6 nitrogen and oxygen atoms in total. The molecule has 2 aliphatic rings. The Morgan fingerprint density at radius 3 is 2.24 bits per heavy atom. The second-order valence-corrected chi connectivity index (χ2v) is 13.5. The lowest BCUT2D eigenvalue weighted by Gasteiger charge is -2.49. The summed E-state index contributed by atoms with van der Waals surface area (Å²) < 4.78 is 57.3. The van der Waals surface area contributed by atoms with Gasteiger partial charge in [-0.2, -0.15) is 13.2 Å². The van der Waals surface area contributed by atoms with Crippen LogP contribution in [0.4, 0.5) is 17.6 Å². The van der Waals surface area contributed by atoms with Crippen molar-refractivity contribution in [2.24, 2.45) is 23.7 Å². The van der Waals surface area contributed by atoms with Crippen molar-refractivity contribution in [3.05, 3.63) is 82.9 Å². The first-order valence-electron chi connectivity index (χ1n) is 16.0. The summed E-state index contributed by atoms with van der Waals surface area (Å²) in [6.45, 7) is 5.26. The first-order chi connectivity index (χ1) is 21.9. The lowest BCUT2D eigenvalue weighted by Crippen LogP contribution is -2.56. The lowest BCUT2D eigenvalue weighted by molar-refractivity contribution is -0.150. The Kier molecular flexibility index (Phi) is 12.6. The molecule has 250 valence electrons. The molecule has 1 amide bonds. The molecular weight excluding hydrogens is 666 g/mol. The minimum Gasteiger partial charge on any atom is -0.481 e. The molecule has 1 aromatic carbocycles. The summed E-state index contributed by atoms with van der Waals surface area (Å²) in [5.41, 5.74) is 0.0592. The highest BCUT2D eigenvalue weighted by Gasteiger charge is 2.45. The number of carbonyl (C=O) groups excluding carboxylic acids is 1. The van der Waals surface area contributed by atoms with E-state index >= 15 is 4.39 Å². The van der Waals surface area contributed by atoms with Gasteiger partial charge in [0.05, 0.1) is 16.0 Å². The number of carboxylic acids is 1. The summed E-state index contributed by atoms with van der Waals surface area (Å²) in [5.74, 6) is -2.05. The molecule has 1 saturated carbocycles. The van der Waals surface area contributed by atoms with Crippen LogP contribution < -0.4 is 0 Å². The lowest BCUT2D eigenvalue weighted by atomic mass is 9.72. The molecule has 4 rings (SSSR count). The van der Waals surface area contributed by atoms with Gasteiger partial charge in [-0.15, -0.1) is 0 Å². The zero-order chi connectivity index (χ0) is 33.4. The Labute approximate surface area is 276 Å². The van der Waals surface area contributed by atoms with E-state index in [-0.39, 0.29) is 36.2 Å². The van der Waals surface area contributed by atoms with Crippen molar-refractivity contribution < 1.29 is 32.3 Å². The maximum absolute atomic E-state index is 16.3. The summed E-state index contributed by atoms with van der Waals surface area (Å²) in [5, 5.41) is 9.46. The van der Waals surface area contributed by atoms with Gasteiger partial charge in [0.1, 0.15) is 12.0 Å². The van der Waals surface area contributed by atoms with Crippen molar-refractivity contribution in [2.45, 2.75) is 95.6 Å². The van der Waals surface area contributed by atoms with Crippen molar-refractivity contribution in [2.75, 3.05) is 0 Å². The number of aliphatic carboxylic acids is 1. The fourth-order valence-electron chi connectivity index (χ4n) is 7.23. The number of allylic oxidation sites excluding steroid dienone is 3.